The predicted octanol–water partition coefficient (Wildman–Crippen LogP) is 2.19. The van der Waals surface area contributed by atoms with Crippen LogP contribution in [0.1, 0.15) is 22.7 Å². The summed E-state index contributed by atoms with van der Waals surface area (Å²) in [5.74, 6) is 0.143. The Balaban J connectivity index is 0.00000196. The summed E-state index contributed by atoms with van der Waals surface area (Å²) in [5, 5.41) is 18.6. The average molecular weight is 297 g/mol. The van der Waals surface area contributed by atoms with Crippen molar-refractivity contribution in [3.63, 3.8) is 0 Å². The lowest BCUT2D eigenvalue weighted by Gasteiger charge is -2.16. The van der Waals surface area contributed by atoms with Crippen molar-refractivity contribution in [2.45, 2.75) is 19.9 Å². The van der Waals surface area contributed by atoms with Crippen molar-refractivity contribution in [1.82, 2.24) is 0 Å². The van der Waals surface area contributed by atoms with Crippen LogP contribution in [-0.4, -0.2) is 16.8 Å². The van der Waals surface area contributed by atoms with Crippen molar-refractivity contribution < 1.29 is 10.2 Å². The van der Waals surface area contributed by atoms with E-state index in [4.69, 9.17) is 10.8 Å². The van der Waals surface area contributed by atoms with Crippen LogP contribution < -0.4 is 5.73 Å². The van der Waals surface area contributed by atoms with E-state index in [1.54, 1.807) is 6.07 Å². The second-order valence-electron chi connectivity index (χ2n) is 3.35. The first-order valence-electron chi connectivity index (χ1n) is 4.34. The molecule has 15 heavy (non-hydrogen) atoms. The highest BCUT2D eigenvalue weighted by Gasteiger charge is 2.16. The molecule has 4 N–H and O–H groups in total. The summed E-state index contributed by atoms with van der Waals surface area (Å²) in [6.45, 7) is 3.58. The molecule has 5 heteroatoms. The molecule has 0 aliphatic rings. The quantitative estimate of drug-likeness (QED) is 0.784. The van der Waals surface area contributed by atoms with Gasteiger partial charge in [-0.1, -0.05) is 15.9 Å². The largest absolute Gasteiger partial charge is 0.508 e. The van der Waals surface area contributed by atoms with E-state index in [1.165, 1.54) is 0 Å². The summed E-state index contributed by atoms with van der Waals surface area (Å²) in [7, 11) is 0. The Morgan fingerprint density at radius 2 is 2.00 bits per heavy atom. The molecule has 0 aliphatic carbocycles. The van der Waals surface area contributed by atoms with E-state index in [2.05, 4.69) is 15.9 Å². The standard InChI is InChI=1S/C10H14BrNO2.ClH/c1-5-3-8(14)9(7(12)4-13)6(2)10(5)11;/h3,7,13-14H,4,12H2,1-2H3;1H/t7-;/m0./s1. The zero-order valence-electron chi connectivity index (χ0n) is 8.62. The zero-order valence-corrected chi connectivity index (χ0v) is 11.0. The number of rotatable bonds is 2. The molecular weight excluding hydrogens is 281 g/mol. The molecule has 1 atom stereocenters. The molecule has 86 valence electrons. The van der Waals surface area contributed by atoms with E-state index in [9.17, 15) is 5.11 Å². The van der Waals surface area contributed by atoms with Crippen LogP contribution in [0.15, 0.2) is 10.5 Å². The molecule has 0 fully saturated rings. The van der Waals surface area contributed by atoms with Crippen LogP contribution in [-0.2, 0) is 0 Å². The molecule has 0 aromatic heterocycles. The maximum Gasteiger partial charge on any atom is 0.121 e. The van der Waals surface area contributed by atoms with Crippen LogP contribution in [0.2, 0.25) is 0 Å². The lowest BCUT2D eigenvalue weighted by atomic mass is 9.99. The Labute approximate surface area is 104 Å². The molecule has 0 radical (unpaired) electrons. The van der Waals surface area contributed by atoms with Crippen LogP contribution in [0.5, 0.6) is 5.75 Å². The average Bonchev–Trinajstić information content (AvgIpc) is 2.14. The number of aromatic hydroxyl groups is 1. The molecule has 1 aromatic rings. The minimum atomic E-state index is -0.535. The third-order valence-corrected chi connectivity index (χ3v) is 3.50. The smallest absolute Gasteiger partial charge is 0.121 e. The lowest BCUT2D eigenvalue weighted by molar-refractivity contribution is 0.265. The number of phenols is 1. The van der Waals surface area contributed by atoms with Crippen LogP contribution in [0.3, 0.4) is 0 Å². The molecule has 0 saturated heterocycles. The lowest BCUT2D eigenvalue weighted by Crippen LogP contribution is -2.16. The van der Waals surface area contributed by atoms with Gasteiger partial charge in [0, 0.05) is 10.0 Å². The Bertz CT molecular complexity index is 358. The number of nitrogens with two attached hydrogens (primary N) is 1. The summed E-state index contributed by atoms with van der Waals surface area (Å²) in [6, 6.07) is 1.11. The fourth-order valence-corrected chi connectivity index (χ4v) is 1.84. The van der Waals surface area contributed by atoms with Crippen LogP contribution in [0, 0.1) is 13.8 Å². The van der Waals surface area contributed by atoms with E-state index in [0.717, 1.165) is 15.6 Å². The van der Waals surface area contributed by atoms with Gasteiger partial charge in [0.1, 0.15) is 5.75 Å². The minimum absolute atomic E-state index is 0. The minimum Gasteiger partial charge on any atom is -0.508 e. The number of phenolic OH excluding ortho intramolecular Hbond substituents is 1. The zero-order chi connectivity index (χ0) is 10.9. The fraction of sp³-hybridized carbons (Fsp3) is 0.400. The van der Waals surface area contributed by atoms with Gasteiger partial charge < -0.3 is 15.9 Å². The highest BCUT2D eigenvalue weighted by atomic mass is 79.9. The molecule has 0 saturated carbocycles. The first-order valence-corrected chi connectivity index (χ1v) is 5.13. The van der Waals surface area contributed by atoms with E-state index >= 15 is 0 Å². The maximum atomic E-state index is 9.69. The maximum absolute atomic E-state index is 9.69. The van der Waals surface area contributed by atoms with Crippen molar-refractivity contribution in [3.05, 3.63) is 27.2 Å². The van der Waals surface area contributed by atoms with Gasteiger partial charge >= 0.3 is 0 Å². The molecule has 0 unspecified atom stereocenters. The molecule has 3 nitrogen and oxygen atoms in total. The van der Waals surface area contributed by atoms with Gasteiger partial charge in [-0.15, -0.1) is 12.4 Å². The van der Waals surface area contributed by atoms with E-state index in [0.29, 0.717) is 5.56 Å². The molecule has 0 aliphatic heterocycles. The highest BCUT2D eigenvalue weighted by molar-refractivity contribution is 9.10. The van der Waals surface area contributed by atoms with Crippen molar-refractivity contribution >= 4 is 28.3 Å². The summed E-state index contributed by atoms with van der Waals surface area (Å²) < 4.78 is 0.925. The number of aryl methyl sites for hydroxylation is 1. The van der Waals surface area contributed by atoms with Crippen LogP contribution in [0.4, 0.5) is 0 Å². The summed E-state index contributed by atoms with van der Waals surface area (Å²) in [4.78, 5) is 0. The van der Waals surface area contributed by atoms with Crippen molar-refractivity contribution in [1.29, 1.82) is 0 Å². The second kappa shape index (κ2) is 5.70. The molecule has 1 rings (SSSR count). The number of halogens is 2. The van der Waals surface area contributed by atoms with E-state index < -0.39 is 6.04 Å². The topological polar surface area (TPSA) is 66.5 Å². The first kappa shape index (κ1) is 14.7. The van der Waals surface area contributed by atoms with Gasteiger partial charge in [0.05, 0.1) is 12.6 Å². The summed E-state index contributed by atoms with van der Waals surface area (Å²) >= 11 is 3.41. The molecule has 0 heterocycles. The number of benzene rings is 1. The Morgan fingerprint density at radius 3 is 2.47 bits per heavy atom. The van der Waals surface area contributed by atoms with Gasteiger partial charge in [-0.25, -0.2) is 0 Å². The Hall–Kier alpha value is -0.290. The molecule has 1 aromatic carbocycles. The Kier molecular flexibility index (Phi) is 5.59. The van der Waals surface area contributed by atoms with Crippen LogP contribution >= 0.6 is 28.3 Å². The third kappa shape index (κ3) is 2.84. The van der Waals surface area contributed by atoms with Gasteiger partial charge in [-0.05, 0) is 31.0 Å². The molecule has 0 spiro atoms. The Morgan fingerprint density at radius 1 is 1.47 bits per heavy atom. The SMILES string of the molecule is Cc1cc(O)c([C@@H](N)CO)c(C)c1Br.Cl. The van der Waals surface area contributed by atoms with Gasteiger partial charge in [-0.2, -0.15) is 0 Å². The van der Waals surface area contributed by atoms with Crippen LogP contribution in [0.25, 0.3) is 0 Å². The number of aliphatic hydroxyl groups is 1. The normalized spacial score (nSPS) is 12.1. The van der Waals surface area contributed by atoms with Gasteiger partial charge in [0.25, 0.3) is 0 Å². The summed E-state index contributed by atoms with van der Waals surface area (Å²) in [5.41, 5.74) is 8.12. The third-order valence-electron chi connectivity index (χ3n) is 2.28. The number of hydrogen-bond acceptors (Lipinski definition) is 3. The van der Waals surface area contributed by atoms with E-state index in [-0.39, 0.29) is 24.8 Å². The van der Waals surface area contributed by atoms with Crippen molar-refractivity contribution in [3.8, 4) is 5.75 Å². The van der Waals surface area contributed by atoms with E-state index in [1.807, 2.05) is 13.8 Å². The van der Waals surface area contributed by atoms with Gasteiger partial charge in [-0.3, -0.25) is 0 Å². The van der Waals surface area contributed by atoms with Gasteiger partial charge in [0.15, 0.2) is 0 Å². The van der Waals surface area contributed by atoms with Crippen molar-refractivity contribution in [2.75, 3.05) is 6.61 Å². The first-order chi connectivity index (χ1) is 6.49. The fourth-order valence-electron chi connectivity index (χ4n) is 1.51. The number of aliphatic hydroxyl groups excluding tert-OH is 1. The monoisotopic (exact) mass is 295 g/mol. The highest BCUT2D eigenvalue weighted by Crippen LogP contribution is 2.34. The second-order valence-corrected chi connectivity index (χ2v) is 4.15. The predicted molar refractivity (Wildman–Crippen MR) is 66.5 cm³/mol. The van der Waals surface area contributed by atoms with Gasteiger partial charge in [0.2, 0.25) is 0 Å². The molecular formula is C10H15BrClNO2. The molecule has 0 bridgehead atoms. The summed E-state index contributed by atoms with van der Waals surface area (Å²) in [6.07, 6.45) is 0. The van der Waals surface area contributed by atoms with Crippen molar-refractivity contribution in [2.24, 2.45) is 5.73 Å². The molecule has 0 amide bonds. The number of hydrogen-bond donors (Lipinski definition) is 3.